The summed E-state index contributed by atoms with van der Waals surface area (Å²) in [6, 6.07) is 13.7. The van der Waals surface area contributed by atoms with Crippen LogP contribution >= 0.6 is 0 Å². The molecule has 3 aromatic rings. The van der Waals surface area contributed by atoms with E-state index >= 15 is 0 Å². The maximum Gasteiger partial charge on any atom is 0.420 e. The van der Waals surface area contributed by atoms with Crippen molar-refractivity contribution >= 4 is 23.4 Å². The van der Waals surface area contributed by atoms with Crippen LogP contribution in [-0.2, 0) is 6.18 Å². The fraction of sp³-hybridized carbons (Fsp3) is 0.0952. The minimum absolute atomic E-state index is 0.0676. The summed E-state index contributed by atoms with van der Waals surface area (Å²) in [5.74, 6) is -2.83. The molecule has 0 radical (unpaired) electrons. The van der Waals surface area contributed by atoms with Crippen molar-refractivity contribution in [3.05, 3.63) is 83.8 Å². The van der Waals surface area contributed by atoms with Crippen LogP contribution < -0.4 is 15.0 Å². The number of carbonyl (C=O) groups excluding carboxylic acids is 2. The van der Waals surface area contributed by atoms with Gasteiger partial charge in [-0.25, -0.2) is 14.2 Å². The first kappa shape index (κ1) is 21.8. The van der Waals surface area contributed by atoms with Crippen LogP contribution in [0.3, 0.4) is 0 Å². The number of anilines is 2. The molecule has 0 bridgehead atoms. The molecule has 0 aliphatic carbocycles. The van der Waals surface area contributed by atoms with E-state index in [0.29, 0.717) is 11.8 Å². The van der Waals surface area contributed by atoms with Gasteiger partial charge in [-0.05, 0) is 30.3 Å². The highest BCUT2D eigenvalue weighted by Gasteiger charge is 2.35. The van der Waals surface area contributed by atoms with Crippen LogP contribution in [0.4, 0.5) is 33.7 Å². The monoisotopic (exact) mass is 433 g/mol. The number of benzene rings is 2. The number of amides is 2. The lowest BCUT2D eigenvalue weighted by Gasteiger charge is -2.16. The predicted octanol–water partition coefficient (Wildman–Crippen LogP) is 5.13. The molecule has 0 aliphatic heterocycles. The van der Waals surface area contributed by atoms with Gasteiger partial charge in [0.25, 0.3) is 5.91 Å². The number of pyridine rings is 1. The molecule has 0 fully saturated rings. The number of para-hydroxylation sites is 1. The first-order chi connectivity index (χ1) is 14.7. The number of aromatic nitrogens is 1. The van der Waals surface area contributed by atoms with Gasteiger partial charge in [0.05, 0.1) is 23.0 Å². The van der Waals surface area contributed by atoms with E-state index in [1.165, 1.54) is 24.1 Å². The van der Waals surface area contributed by atoms with E-state index in [1.807, 2.05) is 0 Å². The van der Waals surface area contributed by atoms with Gasteiger partial charge in [-0.15, -0.1) is 0 Å². The SMILES string of the molecule is CN(C(=O)Oc1ccc(NC(=O)c2cccc(C(F)(F)F)c2F)cn1)c1ccccc1. The summed E-state index contributed by atoms with van der Waals surface area (Å²) in [7, 11) is 1.51. The van der Waals surface area contributed by atoms with Crippen molar-refractivity contribution in [2.75, 3.05) is 17.3 Å². The topological polar surface area (TPSA) is 71.5 Å². The molecule has 0 saturated carbocycles. The Bertz CT molecular complexity index is 1090. The second-order valence-electron chi connectivity index (χ2n) is 6.27. The largest absolute Gasteiger partial charge is 0.420 e. The molecule has 0 unspecified atom stereocenters. The number of nitrogens with zero attached hydrogens (tertiary/aromatic N) is 2. The van der Waals surface area contributed by atoms with Gasteiger partial charge in [0.2, 0.25) is 5.88 Å². The standard InChI is InChI=1S/C21H15F4N3O3/c1-28(14-6-3-2-4-7-14)20(30)31-17-11-10-13(12-26-17)27-19(29)15-8-5-9-16(18(15)22)21(23,24)25/h2-12H,1H3,(H,27,29). The van der Waals surface area contributed by atoms with Crippen LogP contribution in [0.5, 0.6) is 5.88 Å². The zero-order chi connectivity index (χ0) is 22.6. The average Bonchev–Trinajstić information content (AvgIpc) is 2.74. The third-order valence-electron chi connectivity index (χ3n) is 4.15. The van der Waals surface area contributed by atoms with Crippen LogP contribution in [0, 0.1) is 5.82 Å². The summed E-state index contributed by atoms with van der Waals surface area (Å²) in [6.45, 7) is 0. The smallest absolute Gasteiger partial charge is 0.391 e. The summed E-state index contributed by atoms with van der Waals surface area (Å²) in [5, 5.41) is 2.25. The normalized spacial score (nSPS) is 11.0. The van der Waals surface area contributed by atoms with Gasteiger partial charge < -0.3 is 10.1 Å². The summed E-state index contributed by atoms with van der Waals surface area (Å²) in [4.78, 5) is 29.5. The number of hydrogen-bond acceptors (Lipinski definition) is 4. The van der Waals surface area contributed by atoms with Crippen molar-refractivity contribution in [2.45, 2.75) is 6.18 Å². The molecule has 0 spiro atoms. The van der Waals surface area contributed by atoms with Crippen LogP contribution in [-0.4, -0.2) is 24.0 Å². The maximum absolute atomic E-state index is 14.1. The lowest BCUT2D eigenvalue weighted by Crippen LogP contribution is -2.29. The van der Waals surface area contributed by atoms with E-state index in [1.54, 1.807) is 30.3 Å². The number of carbonyl (C=O) groups is 2. The van der Waals surface area contributed by atoms with Gasteiger partial charge in [-0.3, -0.25) is 9.69 Å². The first-order valence-corrected chi connectivity index (χ1v) is 8.80. The minimum atomic E-state index is -4.93. The maximum atomic E-state index is 14.1. The molecule has 2 amide bonds. The van der Waals surface area contributed by atoms with Gasteiger partial charge >= 0.3 is 12.3 Å². The van der Waals surface area contributed by atoms with Gasteiger partial charge in [-0.1, -0.05) is 24.3 Å². The van der Waals surface area contributed by atoms with Crippen molar-refractivity contribution in [2.24, 2.45) is 0 Å². The van der Waals surface area contributed by atoms with Crippen molar-refractivity contribution in [3.8, 4) is 5.88 Å². The molecule has 3 rings (SSSR count). The molecule has 31 heavy (non-hydrogen) atoms. The number of ether oxygens (including phenoxy) is 1. The molecule has 1 heterocycles. The quantitative estimate of drug-likeness (QED) is 0.580. The molecule has 10 heteroatoms. The molecule has 160 valence electrons. The summed E-state index contributed by atoms with van der Waals surface area (Å²) >= 11 is 0. The second-order valence-corrected chi connectivity index (χ2v) is 6.27. The Balaban J connectivity index is 1.67. The van der Waals surface area contributed by atoms with E-state index in [4.69, 9.17) is 4.74 Å². The lowest BCUT2D eigenvalue weighted by molar-refractivity contribution is -0.140. The van der Waals surface area contributed by atoms with Gasteiger partial charge in [0.15, 0.2) is 0 Å². The van der Waals surface area contributed by atoms with Gasteiger partial charge in [0.1, 0.15) is 5.82 Å². The summed E-state index contributed by atoms with van der Waals surface area (Å²) in [6.07, 6.45) is -4.52. The Labute approximate surface area is 174 Å². The van der Waals surface area contributed by atoms with Crippen molar-refractivity contribution in [1.82, 2.24) is 4.98 Å². The number of hydrogen-bond donors (Lipinski definition) is 1. The zero-order valence-corrected chi connectivity index (χ0v) is 16.0. The minimum Gasteiger partial charge on any atom is -0.391 e. The third kappa shape index (κ3) is 5.16. The van der Waals surface area contributed by atoms with E-state index in [-0.39, 0.29) is 11.6 Å². The van der Waals surface area contributed by atoms with E-state index in [0.717, 1.165) is 18.3 Å². The Morgan fingerprint density at radius 3 is 2.32 bits per heavy atom. The summed E-state index contributed by atoms with van der Waals surface area (Å²) < 4.78 is 57.6. The molecule has 0 aliphatic rings. The molecular formula is C21H15F4N3O3. The number of nitrogens with one attached hydrogen (secondary N) is 1. The molecule has 0 atom stereocenters. The molecule has 2 aromatic carbocycles. The highest BCUT2D eigenvalue weighted by atomic mass is 19.4. The Kier molecular flexibility index (Phi) is 6.19. The lowest BCUT2D eigenvalue weighted by atomic mass is 10.1. The Morgan fingerprint density at radius 1 is 1.00 bits per heavy atom. The molecule has 1 aromatic heterocycles. The van der Waals surface area contributed by atoms with Crippen LogP contribution in [0.2, 0.25) is 0 Å². The Morgan fingerprint density at radius 2 is 1.71 bits per heavy atom. The van der Waals surface area contributed by atoms with Crippen molar-refractivity contribution in [3.63, 3.8) is 0 Å². The number of rotatable bonds is 4. The fourth-order valence-corrected chi connectivity index (χ4v) is 2.55. The first-order valence-electron chi connectivity index (χ1n) is 8.80. The van der Waals surface area contributed by atoms with E-state index in [2.05, 4.69) is 10.3 Å². The zero-order valence-electron chi connectivity index (χ0n) is 16.0. The van der Waals surface area contributed by atoms with E-state index in [9.17, 15) is 27.2 Å². The molecule has 0 saturated heterocycles. The second kappa shape index (κ2) is 8.82. The van der Waals surface area contributed by atoms with Crippen LogP contribution in [0.15, 0.2) is 66.9 Å². The molecule has 1 N–H and O–H groups in total. The predicted molar refractivity (Wildman–Crippen MR) is 104 cm³/mol. The van der Waals surface area contributed by atoms with Gasteiger partial charge in [0, 0.05) is 18.8 Å². The average molecular weight is 433 g/mol. The number of alkyl halides is 3. The molecular weight excluding hydrogens is 418 g/mol. The van der Waals surface area contributed by atoms with Gasteiger partial charge in [-0.2, -0.15) is 13.2 Å². The molecule has 6 nitrogen and oxygen atoms in total. The third-order valence-corrected chi connectivity index (χ3v) is 4.15. The van der Waals surface area contributed by atoms with Crippen LogP contribution in [0.25, 0.3) is 0 Å². The summed E-state index contributed by atoms with van der Waals surface area (Å²) in [5.41, 5.74) is -1.64. The van der Waals surface area contributed by atoms with Crippen molar-refractivity contribution in [1.29, 1.82) is 0 Å². The highest BCUT2D eigenvalue weighted by molar-refractivity contribution is 6.04. The van der Waals surface area contributed by atoms with E-state index < -0.39 is 35.1 Å². The van der Waals surface area contributed by atoms with Crippen LogP contribution in [0.1, 0.15) is 15.9 Å². The number of halogens is 4. The fourth-order valence-electron chi connectivity index (χ4n) is 2.55. The Hall–Kier alpha value is -3.95. The highest BCUT2D eigenvalue weighted by Crippen LogP contribution is 2.32. The van der Waals surface area contributed by atoms with Crippen molar-refractivity contribution < 1.29 is 31.9 Å².